The smallest absolute Gasteiger partial charge is 0.251 e. The lowest BCUT2D eigenvalue weighted by Crippen LogP contribution is -2.20. The van der Waals surface area contributed by atoms with E-state index in [9.17, 15) is 4.79 Å². The molecule has 1 saturated heterocycles. The van der Waals surface area contributed by atoms with Crippen LogP contribution in [-0.4, -0.2) is 38.7 Å². The number of hydrogen-bond acceptors (Lipinski definition) is 5. The Morgan fingerprint density at radius 1 is 1.20 bits per heavy atom. The molecule has 104 valence electrons. The van der Waals surface area contributed by atoms with Gasteiger partial charge in [0.05, 0.1) is 18.3 Å². The van der Waals surface area contributed by atoms with Crippen molar-refractivity contribution in [1.82, 2.24) is 19.7 Å². The number of anilines is 1. The fourth-order valence-electron chi connectivity index (χ4n) is 2.27. The number of aromatic nitrogens is 4. The zero-order valence-corrected chi connectivity index (χ0v) is 11.1. The maximum Gasteiger partial charge on any atom is 0.251 e. The maximum atomic E-state index is 11.0. The van der Waals surface area contributed by atoms with E-state index >= 15 is 0 Å². The SMILES string of the molecule is NC(=O)c1cnn(Cc2cnc(N3CCCC3)nc2)c1. The fourth-order valence-corrected chi connectivity index (χ4v) is 2.27. The second kappa shape index (κ2) is 5.28. The minimum Gasteiger partial charge on any atom is -0.366 e. The van der Waals surface area contributed by atoms with Gasteiger partial charge in [0.2, 0.25) is 5.95 Å². The topological polar surface area (TPSA) is 89.9 Å². The van der Waals surface area contributed by atoms with Crippen molar-refractivity contribution in [1.29, 1.82) is 0 Å². The molecule has 0 saturated carbocycles. The van der Waals surface area contributed by atoms with Crippen LogP contribution in [0.1, 0.15) is 28.8 Å². The minimum atomic E-state index is -0.475. The van der Waals surface area contributed by atoms with E-state index in [4.69, 9.17) is 5.73 Å². The average Bonchev–Trinajstić information content (AvgIpc) is 3.10. The number of nitrogens with zero attached hydrogens (tertiary/aromatic N) is 5. The van der Waals surface area contributed by atoms with Gasteiger partial charge in [-0.15, -0.1) is 0 Å². The summed E-state index contributed by atoms with van der Waals surface area (Å²) in [6, 6.07) is 0. The number of rotatable bonds is 4. The Labute approximate surface area is 116 Å². The van der Waals surface area contributed by atoms with Crippen molar-refractivity contribution in [2.45, 2.75) is 19.4 Å². The van der Waals surface area contributed by atoms with Crippen LogP contribution in [0, 0.1) is 0 Å². The number of carbonyl (C=O) groups is 1. The van der Waals surface area contributed by atoms with Crippen molar-refractivity contribution >= 4 is 11.9 Å². The summed E-state index contributed by atoms with van der Waals surface area (Å²) < 4.78 is 1.65. The Hall–Kier alpha value is -2.44. The number of hydrogen-bond donors (Lipinski definition) is 1. The van der Waals surface area contributed by atoms with Crippen LogP contribution >= 0.6 is 0 Å². The molecule has 3 heterocycles. The van der Waals surface area contributed by atoms with E-state index < -0.39 is 5.91 Å². The first-order chi connectivity index (χ1) is 9.72. The highest BCUT2D eigenvalue weighted by Crippen LogP contribution is 2.15. The van der Waals surface area contributed by atoms with Crippen LogP contribution in [-0.2, 0) is 6.54 Å². The van der Waals surface area contributed by atoms with E-state index in [1.54, 1.807) is 23.3 Å². The number of nitrogens with two attached hydrogens (primary N) is 1. The molecule has 2 aromatic rings. The zero-order chi connectivity index (χ0) is 13.9. The van der Waals surface area contributed by atoms with Gasteiger partial charge in [-0.05, 0) is 12.8 Å². The van der Waals surface area contributed by atoms with Gasteiger partial charge in [-0.1, -0.05) is 0 Å². The summed E-state index contributed by atoms with van der Waals surface area (Å²) in [5, 5.41) is 4.08. The Morgan fingerprint density at radius 2 is 1.90 bits per heavy atom. The van der Waals surface area contributed by atoms with Crippen molar-refractivity contribution in [3.05, 3.63) is 35.9 Å². The van der Waals surface area contributed by atoms with Crippen molar-refractivity contribution in [2.75, 3.05) is 18.0 Å². The molecule has 0 unspecified atom stereocenters. The van der Waals surface area contributed by atoms with Crippen LogP contribution in [0.3, 0.4) is 0 Å². The molecule has 0 aromatic carbocycles. The van der Waals surface area contributed by atoms with Gasteiger partial charge in [0, 0.05) is 37.2 Å². The van der Waals surface area contributed by atoms with E-state index in [1.165, 1.54) is 19.0 Å². The molecule has 3 rings (SSSR count). The van der Waals surface area contributed by atoms with Crippen LogP contribution < -0.4 is 10.6 Å². The zero-order valence-electron chi connectivity index (χ0n) is 11.1. The standard InChI is InChI=1S/C13H16N6O/c14-12(20)11-7-17-19(9-11)8-10-5-15-13(16-6-10)18-3-1-2-4-18/h5-7,9H,1-4,8H2,(H2,14,20). The molecular weight excluding hydrogens is 256 g/mol. The fraction of sp³-hybridized carbons (Fsp3) is 0.385. The lowest BCUT2D eigenvalue weighted by atomic mass is 10.3. The molecule has 0 atom stereocenters. The normalized spacial score (nSPS) is 14.7. The summed E-state index contributed by atoms with van der Waals surface area (Å²) >= 11 is 0. The highest BCUT2D eigenvalue weighted by Gasteiger charge is 2.14. The second-order valence-corrected chi connectivity index (χ2v) is 4.88. The molecule has 20 heavy (non-hydrogen) atoms. The largest absolute Gasteiger partial charge is 0.366 e. The van der Waals surface area contributed by atoms with E-state index in [0.717, 1.165) is 24.6 Å². The van der Waals surface area contributed by atoms with Crippen molar-refractivity contribution in [2.24, 2.45) is 5.73 Å². The highest BCUT2D eigenvalue weighted by atomic mass is 16.1. The molecule has 0 radical (unpaired) electrons. The van der Waals surface area contributed by atoms with Gasteiger partial charge in [-0.25, -0.2) is 9.97 Å². The molecule has 1 aliphatic rings. The quantitative estimate of drug-likeness (QED) is 0.871. The molecule has 2 aromatic heterocycles. The summed E-state index contributed by atoms with van der Waals surface area (Å²) in [6.07, 6.45) is 9.08. The van der Waals surface area contributed by atoms with Crippen LogP contribution in [0.25, 0.3) is 0 Å². The van der Waals surface area contributed by atoms with Crippen LogP contribution in [0.5, 0.6) is 0 Å². The van der Waals surface area contributed by atoms with Gasteiger partial charge in [0.1, 0.15) is 0 Å². The lowest BCUT2D eigenvalue weighted by molar-refractivity contribution is 0.1000. The molecule has 0 aliphatic carbocycles. The van der Waals surface area contributed by atoms with E-state index in [0.29, 0.717) is 12.1 Å². The third kappa shape index (κ3) is 2.61. The molecule has 7 heteroatoms. The van der Waals surface area contributed by atoms with Crippen molar-refractivity contribution < 1.29 is 4.79 Å². The molecule has 1 aliphatic heterocycles. The third-order valence-electron chi connectivity index (χ3n) is 3.34. The first-order valence-electron chi connectivity index (χ1n) is 6.60. The highest BCUT2D eigenvalue weighted by molar-refractivity contribution is 5.92. The number of amides is 1. The van der Waals surface area contributed by atoms with Gasteiger partial charge in [-0.2, -0.15) is 5.10 Å². The molecule has 2 N–H and O–H groups in total. The summed E-state index contributed by atoms with van der Waals surface area (Å²) in [4.78, 5) is 21.9. The molecule has 0 bridgehead atoms. The van der Waals surface area contributed by atoms with Gasteiger partial charge in [0.25, 0.3) is 5.91 Å². The predicted octanol–water partition coefficient (Wildman–Crippen LogP) is 0.420. The Bertz CT molecular complexity index is 600. The average molecular weight is 272 g/mol. The molecule has 1 fully saturated rings. The van der Waals surface area contributed by atoms with Gasteiger partial charge < -0.3 is 10.6 Å². The van der Waals surface area contributed by atoms with Crippen LogP contribution in [0.15, 0.2) is 24.8 Å². The lowest BCUT2D eigenvalue weighted by Gasteiger charge is -2.14. The molecule has 1 amide bonds. The maximum absolute atomic E-state index is 11.0. The van der Waals surface area contributed by atoms with Gasteiger partial charge >= 0.3 is 0 Å². The third-order valence-corrected chi connectivity index (χ3v) is 3.34. The number of primary amides is 1. The first-order valence-corrected chi connectivity index (χ1v) is 6.60. The van der Waals surface area contributed by atoms with Crippen molar-refractivity contribution in [3.63, 3.8) is 0 Å². The number of carbonyl (C=O) groups excluding carboxylic acids is 1. The van der Waals surface area contributed by atoms with Crippen molar-refractivity contribution in [3.8, 4) is 0 Å². The van der Waals surface area contributed by atoms with Gasteiger partial charge in [-0.3, -0.25) is 9.48 Å². The molecular formula is C13H16N6O. The van der Waals surface area contributed by atoms with E-state index in [-0.39, 0.29) is 0 Å². The molecule has 7 nitrogen and oxygen atoms in total. The Balaban J connectivity index is 1.69. The summed E-state index contributed by atoms with van der Waals surface area (Å²) in [5.41, 5.74) is 6.53. The summed E-state index contributed by atoms with van der Waals surface area (Å²) in [7, 11) is 0. The first kappa shape index (κ1) is 12.6. The predicted molar refractivity (Wildman–Crippen MR) is 73.3 cm³/mol. The van der Waals surface area contributed by atoms with E-state index in [1.807, 2.05) is 0 Å². The Kier molecular flexibility index (Phi) is 3.32. The van der Waals surface area contributed by atoms with Crippen LogP contribution in [0.2, 0.25) is 0 Å². The monoisotopic (exact) mass is 272 g/mol. The Morgan fingerprint density at radius 3 is 2.50 bits per heavy atom. The molecule has 0 spiro atoms. The second-order valence-electron chi connectivity index (χ2n) is 4.88. The van der Waals surface area contributed by atoms with Crippen LogP contribution in [0.4, 0.5) is 5.95 Å². The van der Waals surface area contributed by atoms with Gasteiger partial charge in [0.15, 0.2) is 0 Å². The summed E-state index contributed by atoms with van der Waals surface area (Å²) in [6.45, 7) is 2.58. The summed E-state index contributed by atoms with van der Waals surface area (Å²) in [5.74, 6) is 0.307. The minimum absolute atomic E-state index is 0.402. The van der Waals surface area contributed by atoms with E-state index in [2.05, 4.69) is 20.0 Å².